The zero-order valence-corrected chi connectivity index (χ0v) is 10.4. The minimum Gasteiger partial charge on any atom is -0.481 e. The van der Waals surface area contributed by atoms with E-state index in [1.807, 2.05) is 0 Å². The van der Waals surface area contributed by atoms with E-state index in [9.17, 15) is 4.79 Å². The number of rotatable bonds is 7. The van der Waals surface area contributed by atoms with Crippen molar-refractivity contribution in [2.45, 2.75) is 64.3 Å². The first-order chi connectivity index (χ1) is 7.72. The van der Waals surface area contributed by atoms with Gasteiger partial charge in [0.05, 0.1) is 0 Å². The van der Waals surface area contributed by atoms with Crippen LogP contribution in [0.25, 0.3) is 0 Å². The second-order valence-electron chi connectivity index (χ2n) is 4.96. The molecule has 0 aromatic heterocycles. The van der Waals surface area contributed by atoms with Crippen LogP contribution >= 0.6 is 0 Å². The van der Waals surface area contributed by atoms with Crippen molar-refractivity contribution >= 4 is 5.97 Å². The summed E-state index contributed by atoms with van der Waals surface area (Å²) < 4.78 is 0. The topological polar surface area (TPSA) is 49.3 Å². The van der Waals surface area contributed by atoms with Gasteiger partial charge in [-0.1, -0.05) is 19.8 Å². The van der Waals surface area contributed by atoms with Gasteiger partial charge in [0.1, 0.15) is 0 Å². The number of hydrogen-bond donors (Lipinski definition) is 2. The molecule has 16 heavy (non-hydrogen) atoms. The molecule has 0 aromatic rings. The summed E-state index contributed by atoms with van der Waals surface area (Å²) >= 11 is 0. The van der Waals surface area contributed by atoms with E-state index < -0.39 is 5.97 Å². The third-order valence-corrected chi connectivity index (χ3v) is 3.54. The Hall–Kier alpha value is -0.570. The molecule has 0 amide bonds. The standard InChI is InChI=1S/C13H25NO2/c1-2-4-11-6-8-12(9-7-11)14-10-3-5-13(15)16/h11-12,14H,2-10H2,1H3,(H,15,16). The molecule has 0 atom stereocenters. The van der Waals surface area contributed by atoms with Crippen LogP contribution in [0, 0.1) is 5.92 Å². The number of hydrogen-bond acceptors (Lipinski definition) is 2. The molecule has 0 spiro atoms. The predicted octanol–water partition coefficient (Wildman–Crippen LogP) is 2.80. The molecule has 2 N–H and O–H groups in total. The number of carboxylic acids is 1. The number of carbonyl (C=O) groups is 1. The predicted molar refractivity (Wildman–Crippen MR) is 65.5 cm³/mol. The van der Waals surface area contributed by atoms with Gasteiger partial charge < -0.3 is 10.4 Å². The molecular formula is C13H25NO2. The molecule has 3 heteroatoms. The molecule has 0 radical (unpaired) electrons. The lowest BCUT2D eigenvalue weighted by atomic mass is 9.83. The third-order valence-electron chi connectivity index (χ3n) is 3.54. The molecule has 1 saturated carbocycles. The zero-order valence-electron chi connectivity index (χ0n) is 10.4. The van der Waals surface area contributed by atoms with Crippen molar-refractivity contribution in [2.75, 3.05) is 6.54 Å². The summed E-state index contributed by atoms with van der Waals surface area (Å²) in [7, 11) is 0. The van der Waals surface area contributed by atoms with Crippen LogP contribution in [-0.2, 0) is 4.79 Å². The Morgan fingerprint density at radius 3 is 2.56 bits per heavy atom. The molecule has 0 unspecified atom stereocenters. The fourth-order valence-electron chi connectivity index (χ4n) is 2.61. The maximum Gasteiger partial charge on any atom is 0.303 e. The Kier molecular flexibility index (Phi) is 6.46. The maximum atomic E-state index is 10.3. The van der Waals surface area contributed by atoms with E-state index in [1.165, 1.54) is 38.5 Å². The van der Waals surface area contributed by atoms with E-state index in [1.54, 1.807) is 0 Å². The molecule has 0 bridgehead atoms. The Morgan fingerprint density at radius 1 is 1.31 bits per heavy atom. The summed E-state index contributed by atoms with van der Waals surface area (Å²) in [5, 5.41) is 12.0. The Morgan fingerprint density at radius 2 is 2.00 bits per heavy atom. The highest BCUT2D eigenvalue weighted by atomic mass is 16.4. The average molecular weight is 227 g/mol. The van der Waals surface area contributed by atoms with Crippen molar-refractivity contribution in [1.82, 2.24) is 5.32 Å². The molecule has 0 saturated heterocycles. The van der Waals surface area contributed by atoms with Crippen LogP contribution in [0.2, 0.25) is 0 Å². The molecule has 0 heterocycles. The summed E-state index contributed by atoms with van der Waals surface area (Å²) in [5.74, 6) is 0.260. The molecular weight excluding hydrogens is 202 g/mol. The van der Waals surface area contributed by atoms with Crippen molar-refractivity contribution in [1.29, 1.82) is 0 Å². The average Bonchev–Trinajstić information content (AvgIpc) is 2.27. The van der Waals surface area contributed by atoms with Crippen molar-refractivity contribution < 1.29 is 9.90 Å². The molecule has 0 aliphatic heterocycles. The minimum atomic E-state index is -0.687. The van der Waals surface area contributed by atoms with E-state index in [2.05, 4.69) is 12.2 Å². The fraction of sp³-hybridized carbons (Fsp3) is 0.923. The van der Waals surface area contributed by atoms with Gasteiger partial charge in [0.2, 0.25) is 0 Å². The van der Waals surface area contributed by atoms with Crippen LogP contribution in [0.1, 0.15) is 58.3 Å². The SMILES string of the molecule is CCCC1CCC(NCCCC(=O)O)CC1. The Balaban J connectivity index is 2.01. The normalized spacial score (nSPS) is 25.6. The van der Waals surface area contributed by atoms with E-state index in [-0.39, 0.29) is 6.42 Å². The van der Waals surface area contributed by atoms with Crippen LogP contribution in [0.5, 0.6) is 0 Å². The summed E-state index contributed by atoms with van der Waals surface area (Å²) in [4.78, 5) is 10.3. The van der Waals surface area contributed by atoms with Crippen molar-refractivity contribution in [3.63, 3.8) is 0 Å². The Bertz CT molecular complexity index is 198. The second-order valence-corrected chi connectivity index (χ2v) is 4.96. The maximum absolute atomic E-state index is 10.3. The van der Waals surface area contributed by atoms with Crippen molar-refractivity contribution in [3.05, 3.63) is 0 Å². The summed E-state index contributed by atoms with van der Waals surface area (Å²) in [6, 6.07) is 0.641. The summed E-state index contributed by atoms with van der Waals surface area (Å²) in [5.41, 5.74) is 0. The third kappa shape index (κ3) is 5.50. The highest BCUT2D eigenvalue weighted by Gasteiger charge is 2.19. The first-order valence-electron chi connectivity index (χ1n) is 6.67. The number of carboxylic acid groups (broad SMARTS) is 1. The largest absolute Gasteiger partial charge is 0.481 e. The second kappa shape index (κ2) is 7.66. The van der Waals surface area contributed by atoms with Gasteiger partial charge in [-0.25, -0.2) is 0 Å². The summed E-state index contributed by atoms with van der Waals surface area (Å²) in [6.07, 6.45) is 8.99. The monoisotopic (exact) mass is 227 g/mol. The molecule has 1 aliphatic rings. The molecule has 1 rings (SSSR count). The van der Waals surface area contributed by atoms with E-state index in [0.29, 0.717) is 6.04 Å². The fourth-order valence-corrected chi connectivity index (χ4v) is 2.61. The van der Waals surface area contributed by atoms with E-state index >= 15 is 0 Å². The lowest BCUT2D eigenvalue weighted by molar-refractivity contribution is -0.137. The smallest absolute Gasteiger partial charge is 0.303 e. The number of aliphatic carboxylic acids is 1. The lowest BCUT2D eigenvalue weighted by Gasteiger charge is -2.29. The first kappa shape index (κ1) is 13.5. The van der Waals surface area contributed by atoms with Gasteiger partial charge in [0.25, 0.3) is 0 Å². The van der Waals surface area contributed by atoms with Crippen LogP contribution < -0.4 is 5.32 Å². The van der Waals surface area contributed by atoms with E-state index in [0.717, 1.165) is 18.9 Å². The van der Waals surface area contributed by atoms with Gasteiger partial charge >= 0.3 is 5.97 Å². The molecule has 3 nitrogen and oxygen atoms in total. The Labute approximate surface area is 98.6 Å². The van der Waals surface area contributed by atoms with Crippen LogP contribution in [-0.4, -0.2) is 23.7 Å². The van der Waals surface area contributed by atoms with Gasteiger partial charge in [-0.15, -0.1) is 0 Å². The molecule has 0 aromatic carbocycles. The summed E-state index contributed by atoms with van der Waals surface area (Å²) in [6.45, 7) is 3.12. The van der Waals surface area contributed by atoms with E-state index in [4.69, 9.17) is 5.11 Å². The highest BCUT2D eigenvalue weighted by molar-refractivity contribution is 5.66. The highest BCUT2D eigenvalue weighted by Crippen LogP contribution is 2.27. The van der Waals surface area contributed by atoms with Crippen molar-refractivity contribution in [2.24, 2.45) is 5.92 Å². The molecule has 94 valence electrons. The first-order valence-corrected chi connectivity index (χ1v) is 6.67. The molecule has 1 fully saturated rings. The lowest BCUT2D eigenvalue weighted by Crippen LogP contribution is -2.34. The van der Waals surface area contributed by atoms with Crippen LogP contribution in [0.3, 0.4) is 0 Å². The minimum absolute atomic E-state index is 0.290. The van der Waals surface area contributed by atoms with Crippen molar-refractivity contribution in [3.8, 4) is 0 Å². The molecule has 1 aliphatic carbocycles. The number of nitrogens with one attached hydrogen (secondary N) is 1. The van der Waals surface area contributed by atoms with Gasteiger partial charge in [0, 0.05) is 12.5 Å². The van der Waals surface area contributed by atoms with Gasteiger partial charge in [-0.3, -0.25) is 4.79 Å². The van der Waals surface area contributed by atoms with Crippen LogP contribution in [0.15, 0.2) is 0 Å². The quantitative estimate of drug-likeness (QED) is 0.657. The van der Waals surface area contributed by atoms with Gasteiger partial charge in [0.15, 0.2) is 0 Å². The van der Waals surface area contributed by atoms with Crippen LogP contribution in [0.4, 0.5) is 0 Å². The zero-order chi connectivity index (χ0) is 11.8. The van der Waals surface area contributed by atoms with Gasteiger partial charge in [-0.2, -0.15) is 0 Å². The van der Waals surface area contributed by atoms with Gasteiger partial charge in [-0.05, 0) is 44.6 Å².